The molecule has 0 fully saturated rings. The predicted molar refractivity (Wildman–Crippen MR) is 161 cm³/mol. The Kier molecular flexibility index (Phi) is 12.3. The van der Waals surface area contributed by atoms with Crippen LogP contribution in [0.25, 0.3) is 6.08 Å². The van der Waals surface area contributed by atoms with Gasteiger partial charge in [0.1, 0.15) is 11.6 Å². The number of rotatable bonds is 13. The van der Waals surface area contributed by atoms with E-state index in [0.29, 0.717) is 12.2 Å². The van der Waals surface area contributed by atoms with Crippen molar-refractivity contribution in [1.82, 2.24) is 10.6 Å². The van der Waals surface area contributed by atoms with Crippen molar-refractivity contribution in [3.63, 3.8) is 0 Å². The molecule has 0 aliphatic carbocycles. The smallest absolute Gasteiger partial charge is 0.329 e. The molecule has 6 nitrogen and oxygen atoms in total. The van der Waals surface area contributed by atoms with Gasteiger partial charge in [0.2, 0.25) is 14.2 Å². The van der Waals surface area contributed by atoms with Crippen LogP contribution in [-0.4, -0.2) is 43.9 Å². The first-order valence-electron chi connectivity index (χ1n) is 13.4. The van der Waals surface area contributed by atoms with E-state index in [9.17, 15) is 9.59 Å². The molecule has 0 bridgehead atoms. The van der Waals surface area contributed by atoms with Gasteiger partial charge in [-0.1, -0.05) is 89.8 Å². The third-order valence-electron chi connectivity index (χ3n) is 6.58. The van der Waals surface area contributed by atoms with E-state index in [1.54, 1.807) is 6.08 Å². The standard InChI is InChI=1S/C31H50N2O4Si/c1-13-25(23(4)37-38(11,12)31(8,9)10)32-26(21-17-20-24-18-15-14-16-19-24)28(34)33-27(22(2)3)29(35)36-30(5,6)7/h13-20,22,25-27,32H,1,4,21H2,2-3,5-12H3,(H,33,34)/b20-17+/t25-,26-,27-/m0/s1. The normalized spacial score (nSPS) is 15.0. The van der Waals surface area contributed by atoms with Gasteiger partial charge in [-0.05, 0) is 56.8 Å². The average molecular weight is 543 g/mol. The van der Waals surface area contributed by atoms with Crippen LogP contribution in [0.2, 0.25) is 18.1 Å². The Hall–Kier alpha value is -2.64. The Bertz CT molecular complexity index is 972. The highest BCUT2D eigenvalue weighted by molar-refractivity contribution is 6.74. The lowest BCUT2D eigenvalue weighted by Crippen LogP contribution is -2.55. The number of hydrogen-bond donors (Lipinski definition) is 2. The highest BCUT2D eigenvalue weighted by Crippen LogP contribution is 2.38. The number of carbonyl (C=O) groups excluding carboxylic acids is 2. The fourth-order valence-electron chi connectivity index (χ4n) is 3.33. The number of amides is 1. The molecule has 1 aromatic carbocycles. The number of ether oxygens (including phenoxy) is 1. The molecular formula is C31H50N2O4Si. The summed E-state index contributed by atoms with van der Waals surface area (Å²) in [7, 11) is -2.14. The fourth-order valence-corrected chi connectivity index (χ4v) is 4.41. The average Bonchev–Trinajstić information content (AvgIpc) is 2.77. The van der Waals surface area contributed by atoms with Crippen molar-refractivity contribution in [3.8, 4) is 0 Å². The van der Waals surface area contributed by atoms with Crippen LogP contribution in [0.5, 0.6) is 0 Å². The minimum absolute atomic E-state index is 0.00520. The zero-order chi connectivity index (χ0) is 29.3. The van der Waals surface area contributed by atoms with Gasteiger partial charge < -0.3 is 14.5 Å². The molecule has 0 spiro atoms. The molecule has 0 heterocycles. The Morgan fingerprint density at radius 3 is 2.11 bits per heavy atom. The number of benzene rings is 1. The van der Waals surface area contributed by atoms with Gasteiger partial charge in [-0.3, -0.25) is 10.1 Å². The molecule has 2 N–H and O–H groups in total. The van der Waals surface area contributed by atoms with E-state index in [0.717, 1.165) is 5.56 Å². The van der Waals surface area contributed by atoms with E-state index in [1.807, 2.05) is 77.1 Å². The predicted octanol–water partition coefficient (Wildman–Crippen LogP) is 6.62. The molecule has 1 rings (SSSR count). The molecule has 7 heteroatoms. The molecule has 0 aromatic heterocycles. The number of nitrogens with one attached hydrogen (secondary N) is 2. The highest BCUT2D eigenvalue weighted by atomic mass is 28.4. The topological polar surface area (TPSA) is 76.7 Å². The molecule has 1 aromatic rings. The van der Waals surface area contributed by atoms with Gasteiger partial charge in [-0.15, -0.1) is 6.58 Å². The van der Waals surface area contributed by atoms with E-state index < -0.39 is 38.0 Å². The largest absolute Gasteiger partial charge is 0.545 e. The molecule has 0 saturated carbocycles. The first-order chi connectivity index (χ1) is 17.4. The van der Waals surface area contributed by atoms with E-state index in [4.69, 9.17) is 9.16 Å². The minimum Gasteiger partial charge on any atom is -0.545 e. The van der Waals surface area contributed by atoms with Crippen molar-refractivity contribution in [2.24, 2.45) is 5.92 Å². The lowest BCUT2D eigenvalue weighted by atomic mass is 10.0. The Morgan fingerprint density at radius 1 is 1.05 bits per heavy atom. The lowest BCUT2D eigenvalue weighted by Gasteiger charge is -2.38. The van der Waals surface area contributed by atoms with Crippen molar-refractivity contribution in [1.29, 1.82) is 0 Å². The van der Waals surface area contributed by atoms with Gasteiger partial charge in [-0.25, -0.2) is 4.79 Å². The maximum atomic E-state index is 13.6. The van der Waals surface area contributed by atoms with Gasteiger partial charge in [0, 0.05) is 0 Å². The van der Waals surface area contributed by atoms with Crippen LogP contribution in [-0.2, 0) is 18.8 Å². The number of esters is 1. The molecule has 0 aliphatic rings. The molecule has 212 valence electrons. The van der Waals surface area contributed by atoms with E-state index in [-0.39, 0.29) is 16.9 Å². The molecule has 0 unspecified atom stereocenters. The van der Waals surface area contributed by atoms with Gasteiger partial charge in [0.25, 0.3) is 0 Å². The maximum Gasteiger partial charge on any atom is 0.329 e. The molecule has 0 radical (unpaired) electrons. The summed E-state index contributed by atoms with van der Waals surface area (Å²) in [6, 6.07) is 7.98. The highest BCUT2D eigenvalue weighted by Gasteiger charge is 2.40. The van der Waals surface area contributed by atoms with Crippen molar-refractivity contribution < 1.29 is 18.8 Å². The van der Waals surface area contributed by atoms with E-state index >= 15 is 0 Å². The van der Waals surface area contributed by atoms with Crippen LogP contribution in [0.1, 0.15) is 67.4 Å². The van der Waals surface area contributed by atoms with E-state index in [1.165, 1.54) is 0 Å². The molecule has 3 atom stereocenters. The zero-order valence-corrected chi connectivity index (χ0v) is 26.2. The van der Waals surface area contributed by atoms with Crippen molar-refractivity contribution in [2.75, 3.05) is 0 Å². The minimum atomic E-state index is -2.14. The monoisotopic (exact) mass is 542 g/mol. The molecular weight excluding hydrogens is 492 g/mol. The molecule has 0 aliphatic heterocycles. The second-order valence-corrected chi connectivity index (χ2v) is 17.3. The second kappa shape index (κ2) is 13.9. The summed E-state index contributed by atoms with van der Waals surface area (Å²) >= 11 is 0. The fraction of sp³-hybridized carbons (Fsp3) is 0.548. The third kappa shape index (κ3) is 11.0. The summed E-state index contributed by atoms with van der Waals surface area (Å²) in [6.07, 6.45) is 6.00. The number of hydrogen-bond acceptors (Lipinski definition) is 5. The Labute approximate surface area is 232 Å². The van der Waals surface area contributed by atoms with Crippen LogP contribution < -0.4 is 10.6 Å². The van der Waals surface area contributed by atoms with Crippen molar-refractivity contribution in [2.45, 2.75) is 104 Å². The molecule has 0 saturated heterocycles. The summed E-state index contributed by atoms with van der Waals surface area (Å²) in [5.41, 5.74) is 0.379. The lowest BCUT2D eigenvalue weighted by molar-refractivity contribution is -0.160. The Morgan fingerprint density at radius 2 is 1.63 bits per heavy atom. The first-order valence-corrected chi connectivity index (χ1v) is 16.3. The van der Waals surface area contributed by atoms with Gasteiger partial charge in [0.15, 0.2) is 0 Å². The van der Waals surface area contributed by atoms with Crippen LogP contribution >= 0.6 is 0 Å². The second-order valence-electron chi connectivity index (χ2n) is 12.6. The summed E-state index contributed by atoms with van der Waals surface area (Å²) in [4.78, 5) is 26.5. The molecule has 1 amide bonds. The maximum absolute atomic E-state index is 13.6. The van der Waals surface area contributed by atoms with Crippen LogP contribution in [0.15, 0.2) is 61.4 Å². The summed E-state index contributed by atoms with van der Waals surface area (Å²) < 4.78 is 12.0. The summed E-state index contributed by atoms with van der Waals surface area (Å²) in [5, 5.41) is 6.28. The van der Waals surface area contributed by atoms with Crippen LogP contribution in [0.4, 0.5) is 0 Å². The zero-order valence-electron chi connectivity index (χ0n) is 25.2. The quantitative estimate of drug-likeness (QED) is 0.127. The van der Waals surface area contributed by atoms with Crippen LogP contribution in [0.3, 0.4) is 0 Å². The summed E-state index contributed by atoms with van der Waals surface area (Å²) in [5.74, 6) is -0.380. The summed E-state index contributed by atoms with van der Waals surface area (Å²) in [6.45, 7) is 28.1. The van der Waals surface area contributed by atoms with Gasteiger partial charge in [0.05, 0.1) is 17.8 Å². The number of carbonyl (C=O) groups is 2. The first kappa shape index (κ1) is 33.4. The van der Waals surface area contributed by atoms with Gasteiger partial charge in [-0.2, -0.15) is 0 Å². The SMILES string of the molecule is C=C[C@H](N[C@@H](C/C=C/c1ccccc1)C(=O)N[C@H](C(=O)OC(C)(C)C)C(C)C)C(=C)O[Si](C)(C)C(C)(C)C. The van der Waals surface area contributed by atoms with E-state index in [2.05, 4.69) is 57.7 Å². The Balaban J connectivity index is 3.19. The van der Waals surface area contributed by atoms with Crippen molar-refractivity contribution >= 4 is 26.3 Å². The third-order valence-corrected chi connectivity index (χ3v) is 11.0. The van der Waals surface area contributed by atoms with Crippen molar-refractivity contribution in [3.05, 3.63) is 67.0 Å². The van der Waals surface area contributed by atoms with Gasteiger partial charge >= 0.3 is 5.97 Å². The molecule has 38 heavy (non-hydrogen) atoms. The van der Waals surface area contributed by atoms with Crippen LogP contribution in [0, 0.1) is 5.92 Å².